The van der Waals surface area contributed by atoms with E-state index in [-0.39, 0.29) is 5.91 Å². The van der Waals surface area contributed by atoms with Gasteiger partial charge in [0.2, 0.25) is 5.91 Å². The molecule has 2 aromatic rings. The third kappa shape index (κ3) is 3.79. The molecule has 1 fully saturated rings. The first kappa shape index (κ1) is 15.7. The highest BCUT2D eigenvalue weighted by molar-refractivity contribution is 5.72. The van der Waals surface area contributed by atoms with E-state index in [1.54, 1.807) is 0 Å². The molecule has 0 aliphatic carbocycles. The SMILES string of the molecule is CC(=O)NCc1cc([C@H]2CCCN2Cc2cccn2C)ccn1. The molecule has 0 aromatic carbocycles. The van der Waals surface area contributed by atoms with E-state index in [4.69, 9.17) is 0 Å². The summed E-state index contributed by atoms with van der Waals surface area (Å²) in [5.41, 5.74) is 3.56. The predicted molar refractivity (Wildman–Crippen MR) is 89.6 cm³/mol. The Balaban J connectivity index is 1.73. The number of rotatable bonds is 5. The summed E-state index contributed by atoms with van der Waals surface area (Å²) < 4.78 is 2.18. The van der Waals surface area contributed by atoms with Crippen molar-refractivity contribution in [1.82, 2.24) is 19.8 Å². The van der Waals surface area contributed by atoms with Crippen molar-refractivity contribution in [1.29, 1.82) is 0 Å². The number of carbonyl (C=O) groups is 1. The lowest BCUT2D eigenvalue weighted by atomic mass is 10.0. The van der Waals surface area contributed by atoms with E-state index < -0.39 is 0 Å². The Kier molecular flexibility index (Phi) is 4.76. The fourth-order valence-electron chi connectivity index (χ4n) is 3.28. The molecule has 23 heavy (non-hydrogen) atoms. The summed E-state index contributed by atoms with van der Waals surface area (Å²) in [6.07, 6.45) is 6.34. The monoisotopic (exact) mass is 312 g/mol. The maximum atomic E-state index is 11.1. The maximum absolute atomic E-state index is 11.1. The second-order valence-electron chi connectivity index (χ2n) is 6.23. The first-order valence-corrected chi connectivity index (χ1v) is 8.17. The molecular weight excluding hydrogens is 288 g/mol. The van der Waals surface area contributed by atoms with Crippen molar-refractivity contribution in [2.45, 2.75) is 38.9 Å². The molecule has 3 heterocycles. The standard InChI is InChI=1S/C18H24N4O/c1-14(23)20-12-16-11-15(7-8-19-16)18-6-4-10-22(18)13-17-5-3-9-21(17)2/h3,5,7-9,11,18H,4,6,10,12-13H2,1-2H3,(H,20,23)/t18-/m1/s1. The van der Waals surface area contributed by atoms with Gasteiger partial charge in [0.05, 0.1) is 12.2 Å². The van der Waals surface area contributed by atoms with Crippen LogP contribution in [0.15, 0.2) is 36.7 Å². The van der Waals surface area contributed by atoms with Crippen molar-refractivity contribution in [2.75, 3.05) is 6.54 Å². The Morgan fingerprint density at radius 3 is 3.04 bits per heavy atom. The minimum absolute atomic E-state index is 0.0246. The van der Waals surface area contributed by atoms with Crippen molar-refractivity contribution in [2.24, 2.45) is 7.05 Å². The lowest BCUT2D eigenvalue weighted by Gasteiger charge is -2.25. The second kappa shape index (κ2) is 6.96. The molecule has 1 atom stereocenters. The van der Waals surface area contributed by atoms with Crippen molar-refractivity contribution >= 4 is 5.91 Å². The molecule has 1 N–H and O–H groups in total. The number of nitrogens with zero attached hydrogens (tertiary/aromatic N) is 3. The Bertz CT molecular complexity index is 679. The maximum Gasteiger partial charge on any atom is 0.217 e. The van der Waals surface area contributed by atoms with Gasteiger partial charge < -0.3 is 9.88 Å². The Hall–Kier alpha value is -2.14. The Labute approximate surface area is 137 Å². The van der Waals surface area contributed by atoms with Gasteiger partial charge in [0.25, 0.3) is 0 Å². The van der Waals surface area contributed by atoms with Gasteiger partial charge in [-0.05, 0) is 49.2 Å². The molecule has 0 spiro atoms. The molecule has 0 saturated carbocycles. The number of likely N-dealkylation sites (tertiary alicyclic amines) is 1. The lowest BCUT2D eigenvalue weighted by molar-refractivity contribution is -0.119. The van der Waals surface area contributed by atoms with Crippen LogP contribution in [-0.4, -0.2) is 26.9 Å². The van der Waals surface area contributed by atoms with Gasteiger partial charge in [-0.1, -0.05) is 0 Å². The minimum atomic E-state index is -0.0246. The molecule has 122 valence electrons. The first-order chi connectivity index (χ1) is 11.1. The molecule has 1 saturated heterocycles. The van der Waals surface area contributed by atoms with Gasteiger partial charge in [0, 0.05) is 44.6 Å². The number of aromatic nitrogens is 2. The van der Waals surface area contributed by atoms with E-state index in [0.717, 1.165) is 18.8 Å². The number of hydrogen-bond acceptors (Lipinski definition) is 3. The van der Waals surface area contributed by atoms with Gasteiger partial charge in [-0.15, -0.1) is 0 Å². The fourth-order valence-corrected chi connectivity index (χ4v) is 3.28. The Morgan fingerprint density at radius 1 is 1.43 bits per heavy atom. The van der Waals surface area contributed by atoms with Crippen LogP contribution in [-0.2, 0) is 24.9 Å². The predicted octanol–water partition coefficient (Wildman–Crippen LogP) is 2.39. The van der Waals surface area contributed by atoms with E-state index in [2.05, 4.69) is 57.3 Å². The molecular formula is C18H24N4O. The summed E-state index contributed by atoms with van der Waals surface area (Å²) in [5.74, 6) is -0.0246. The minimum Gasteiger partial charge on any atom is -0.353 e. The zero-order chi connectivity index (χ0) is 16.2. The number of amides is 1. The summed E-state index contributed by atoms with van der Waals surface area (Å²) in [6.45, 7) is 4.12. The molecule has 1 amide bonds. The average Bonchev–Trinajstić information content (AvgIpc) is 3.16. The van der Waals surface area contributed by atoms with Crippen molar-refractivity contribution in [3.63, 3.8) is 0 Å². The third-order valence-corrected chi connectivity index (χ3v) is 4.52. The molecule has 5 heteroatoms. The van der Waals surface area contributed by atoms with Gasteiger partial charge in [0.15, 0.2) is 0 Å². The number of carbonyl (C=O) groups excluding carboxylic acids is 1. The Morgan fingerprint density at radius 2 is 2.30 bits per heavy atom. The van der Waals surface area contributed by atoms with Crippen molar-refractivity contribution in [3.8, 4) is 0 Å². The van der Waals surface area contributed by atoms with E-state index in [0.29, 0.717) is 12.6 Å². The lowest BCUT2D eigenvalue weighted by Crippen LogP contribution is -2.24. The van der Waals surface area contributed by atoms with Gasteiger partial charge in [-0.3, -0.25) is 14.7 Å². The molecule has 1 aliphatic heterocycles. The second-order valence-corrected chi connectivity index (χ2v) is 6.23. The van der Waals surface area contributed by atoms with Crippen molar-refractivity contribution < 1.29 is 4.79 Å². The van der Waals surface area contributed by atoms with Gasteiger partial charge >= 0.3 is 0 Å². The third-order valence-electron chi connectivity index (χ3n) is 4.52. The van der Waals surface area contributed by atoms with Crippen LogP contribution >= 0.6 is 0 Å². The summed E-state index contributed by atoms with van der Waals surface area (Å²) in [7, 11) is 2.10. The highest BCUT2D eigenvalue weighted by Gasteiger charge is 2.26. The fraction of sp³-hybridized carbons (Fsp3) is 0.444. The highest BCUT2D eigenvalue weighted by Crippen LogP contribution is 2.33. The van der Waals surface area contributed by atoms with E-state index >= 15 is 0 Å². The molecule has 0 bridgehead atoms. The highest BCUT2D eigenvalue weighted by atomic mass is 16.1. The van der Waals surface area contributed by atoms with Crippen LogP contribution in [0.2, 0.25) is 0 Å². The largest absolute Gasteiger partial charge is 0.353 e. The van der Waals surface area contributed by atoms with E-state index in [1.807, 2.05) is 6.20 Å². The number of pyridine rings is 1. The smallest absolute Gasteiger partial charge is 0.217 e. The van der Waals surface area contributed by atoms with Crippen LogP contribution < -0.4 is 5.32 Å². The summed E-state index contributed by atoms with van der Waals surface area (Å²) in [4.78, 5) is 18.0. The molecule has 5 nitrogen and oxygen atoms in total. The number of hydrogen-bond donors (Lipinski definition) is 1. The zero-order valence-corrected chi connectivity index (χ0v) is 13.8. The normalized spacial score (nSPS) is 18.3. The van der Waals surface area contributed by atoms with Gasteiger partial charge in [-0.25, -0.2) is 0 Å². The van der Waals surface area contributed by atoms with Crippen LogP contribution in [0.5, 0.6) is 0 Å². The molecule has 0 unspecified atom stereocenters. The quantitative estimate of drug-likeness (QED) is 0.922. The van der Waals surface area contributed by atoms with Crippen LogP contribution in [0.3, 0.4) is 0 Å². The zero-order valence-electron chi connectivity index (χ0n) is 13.8. The summed E-state index contributed by atoms with van der Waals surface area (Å²) in [5, 5.41) is 2.82. The van der Waals surface area contributed by atoms with Crippen LogP contribution in [0.25, 0.3) is 0 Å². The van der Waals surface area contributed by atoms with Gasteiger partial charge in [0.1, 0.15) is 0 Å². The molecule has 3 rings (SSSR count). The van der Waals surface area contributed by atoms with E-state index in [9.17, 15) is 4.79 Å². The van der Waals surface area contributed by atoms with Crippen LogP contribution in [0.1, 0.15) is 42.8 Å². The molecule has 0 radical (unpaired) electrons. The molecule has 1 aliphatic rings. The van der Waals surface area contributed by atoms with Crippen LogP contribution in [0.4, 0.5) is 0 Å². The first-order valence-electron chi connectivity index (χ1n) is 8.17. The van der Waals surface area contributed by atoms with Crippen molar-refractivity contribution in [3.05, 3.63) is 53.6 Å². The number of aryl methyl sites for hydroxylation is 1. The summed E-state index contributed by atoms with van der Waals surface area (Å²) >= 11 is 0. The molecule has 2 aromatic heterocycles. The summed E-state index contributed by atoms with van der Waals surface area (Å²) in [6, 6.07) is 8.95. The van der Waals surface area contributed by atoms with Gasteiger partial charge in [-0.2, -0.15) is 0 Å². The topological polar surface area (TPSA) is 50.2 Å². The number of nitrogens with one attached hydrogen (secondary N) is 1. The van der Waals surface area contributed by atoms with E-state index in [1.165, 1.54) is 31.0 Å². The van der Waals surface area contributed by atoms with Crippen LogP contribution in [0, 0.1) is 0 Å². The average molecular weight is 312 g/mol.